The number of carbonyl (C=O) groups excluding carboxylic acids is 2. The Hall–Kier alpha value is -2.33. The van der Waals surface area contributed by atoms with Crippen LogP contribution in [0.4, 0.5) is 19.0 Å². The average molecular weight is 461 g/mol. The summed E-state index contributed by atoms with van der Waals surface area (Å²) in [6.45, 7) is 2.97. The van der Waals surface area contributed by atoms with Crippen LogP contribution >= 0.6 is 22.9 Å². The van der Waals surface area contributed by atoms with Crippen molar-refractivity contribution in [3.8, 4) is 0 Å². The number of hydrogen-bond acceptors (Lipinski definition) is 5. The van der Waals surface area contributed by atoms with E-state index in [2.05, 4.69) is 10.3 Å². The molecule has 0 spiro atoms. The lowest BCUT2D eigenvalue weighted by Gasteiger charge is -2.36. The molecule has 11 heteroatoms. The fourth-order valence-electron chi connectivity index (χ4n) is 3.25. The van der Waals surface area contributed by atoms with Gasteiger partial charge in [0.25, 0.3) is 0 Å². The molecule has 1 aliphatic rings. The number of thiophene rings is 1. The first kappa shape index (κ1) is 22.4. The first-order valence-corrected chi connectivity index (χ1v) is 10.5. The van der Waals surface area contributed by atoms with E-state index in [1.165, 1.54) is 18.3 Å². The van der Waals surface area contributed by atoms with Crippen molar-refractivity contribution in [2.75, 3.05) is 31.1 Å². The number of nitrogens with one attached hydrogen (secondary N) is 1. The van der Waals surface area contributed by atoms with Gasteiger partial charge < -0.3 is 15.1 Å². The van der Waals surface area contributed by atoms with Crippen LogP contribution in [-0.2, 0) is 15.8 Å². The first-order chi connectivity index (χ1) is 14.1. The molecule has 1 atom stereocenters. The third-order valence-electron chi connectivity index (χ3n) is 4.72. The number of hydrogen-bond donors (Lipinski definition) is 1. The highest BCUT2D eigenvalue weighted by Crippen LogP contribution is 2.33. The molecule has 2 amide bonds. The Morgan fingerprint density at radius 1 is 1.30 bits per heavy atom. The van der Waals surface area contributed by atoms with E-state index in [-0.39, 0.29) is 35.1 Å². The summed E-state index contributed by atoms with van der Waals surface area (Å²) in [6, 6.07) is 4.20. The Morgan fingerprint density at radius 2 is 2.00 bits per heavy atom. The van der Waals surface area contributed by atoms with Crippen LogP contribution in [0.15, 0.2) is 29.8 Å². The maximum atomic E-state index is 12.8. The summed E-state index contributed by atoms with van der Waals surface area (Å²) in [6.07, 6.45) is -3.61. The van der Waals surface area contributed by atoms with E-state index in [0.29, 0.717) is 26.2 Å². The largest absolute Gasteiger partial charge is 0.417 e. The fraction of sp³-hybridized carbons (Fsp3) is 0.421. The van der Waals surface area contributed by atoms with E-state index < -0.39 is 11.7 Å². The van der Waals surface area contributed by atoms with Crippen molar-refractivity contribution in [3.05, 3.63) is 45.2 Å². The number of alkyl halides is 3. The highest BCUT2D eigenvalue weighted by atomic mass is 35.5. The van der Waals surface area contributed by atoms with Crippen molar-refractivity contribution in [2.45, 2.75) is 25.6 Å². The Kier molecular flexibility index (Phi) is 6.87. The molecule has 2 aromatic heterocycles. The topological polar surface area (TPSA) is 65.5 Å². The van der Waals surface area contributed by atoms with Crippen LogP contribution in [0.1, 0.15) is 29.8 Å². The quantitative estimate of drug-likeness (QED) is 0.738. The highest BCUT2D eigenvalue weighted by Gasteiger charge is 2.32. The van der Waals surface area contributed by atoms with Crippen LogP contribution in [0.3, 0.4) is 0 Å². The lowest BCUT2D eigenvalue weighted by molar-refractivity contribution is -0.138. The van der Waals surface area contributed by atoms with Crippen molar-refractivity contribution in [1.29, 1.82) is 0 Å². The summed E-state index contributed by atoms with van der Waals surface area (Å²) < 4.78 is 38.4. The van der Waals surface area contributed by atoms with Gasteiger partial charge in [0, 0.05) is 44.2 Å². The molecule has 1 fully saturated rings. The number of carbonyl (C=O) groups is 2. The number of anilines is 1. The molecule has 0 aromatic carbocycles. The third kappa shape index (κ3) is 5.42. The Bertz CT molecular complexity index is 900. The molecule has 0 radical (unpaired) electrons. The second kappa shape index (κ2) is 9.22. The van der Waals surface area contributed by atoms with Crippen LogP contribution in [0, 0.1) is 0 Å². The van der Waals surface area contributed by atoms with Gasteiger partial charge in [0.1, 0.15) is 5.82 Å². The number of piperazine rings is 1. The summed E-state index contributed by atoms with van der Waals surface area (Å²) in [5.74, 6) is -0.0474. The van der Waals surface area contributed by atoms with Gasteiger partial charge in [-0.05, 0) is 17.5 Å². The van der Waals surface area contributed by atoms with Gasteiger partial charge in [-0.15, -0.1) is 11.3 Å². The van der Waals surface area contributed by atoms with E-state index in [0.717, 1.165) is 17.1 Å². The SMILES string of the molecule is CC(=O)N[C@@H](CC(=O)N1CCN(c2ncc(C(F)(F)F)cc2Cl)CC1)c1cccs1. The summed E-state index contributed by atoms with van der Waals surface area (Å²) >= 11 is 7.49. The molecule has 2 aromatic rings. The van der Waals surface area contributed by atoms with Crippen molar-refractivity contribution in [1.82, 2.24) is 15.2 Å². The second-order valence-corrected chi connectivity index (χ2v) is 8.25. The molecule has 0 unspecified atom stereocenters. The van der Waals surface area contributed by atoms with Crippen molar-refractivity contribution in [2.24, 2.45) is 0 Å². The number of nitrogens with zero attached hydrogens (tertiary/aromatic N) is 3. The average Bonchev–Trinajstić information content (AvgIpc) is 3.21. The molecule has 3 heterocycles. The number of pyridine rings is 1. The summed E-state index contributed by atoms with van der Waals surface area (Å²) in [5.41, 5.74) is -0.900. The van der Waals surface area contributed by atoms with Crippen molar-refractivity contribution < 1.29 is 22.8 Å². The van der Waals surface area contributed by atoms with Gasteiger partial charge in [-0.25, -0.2) is 4.98 Å². The number of rotatable bonds is 5. The zero-order chi connectivity index (χ0) is 21.9. The minimum absolute atomic E-state index is 0.0759. The number of aromatic nitrogens is 1. The lowest BCUT2D eigenvalue weighted by atomic mass is 10.1. The maximum absolute atomic E-state index is 12.8. The molecular weight excluding hydrogens is 441 g/mol. The van der Waals surface area contributed by atoms with Gasteiger partial charge in [-0.3, -0.25) is 9.59 Å². The third-order valence-corrected chi connectivity index (χ3v) is 5.99. The highest BCUT2D eigenvalue weighted by molar-refractivity contribution is 7.10. The first-order valence-electron chi connectivity index (χ1n) is 9.21. The molecule has 1 N–H and O–H groups in total. The molecule has 3 rings (SSSR count). The summed E-state index contributed by atoms with van der Waals surface area (Å²) in [7, 11) is 0. The molecule has 0 aliphatic carbocycles. The van der Waals surface area contributed by atoms with Crippen molar-refractivity contribution >= 4 is 40.6 Å². The summed E-state index contributed by atoms with van der Waals surface area (Å²) in [5, 5.41) is 4.61. The van der Waals surface area contributed by atoms with E-state index >= 15 is 0 Å². The molecular formula is C19H20ClF3N4O2S. The molecule has 0 saturated carbocycles. The fourth-order valence-corrected chi connectivity index (χ4v) is 4.31. The van der Waals surface area contributed by atoms with Gasteiger partial charge >= 0.3 is 6.18 Å². The molecule has 0 bridgehead atoms. The Balaban J connectivity index is 1.61. The number of amides is 2. The van der Waals surface area contributed by atoms with E-state index in [4.69, 9.17) is 11.6 Å². The predicted octanol–water partition coefficient (Wildman–Crippen LogP) is 3.73. The minimum atomic E-state index is -4.51. The van der Waals surface area contributed by atoms with E-state index in [9.17, 15) is 22.8 Å². The van der Waals surface area contributed by atoms with Gasteiger partial charge in [0.05, 0.1) is 23.0 Å². The summed E-state index contributed by atoms with van der Waals surface area (Å²) in [4.78, 5) is 32.5. The van der Waals surface area contributed by atoms with Gasteiger partial charge in [-0.2, -0.15) is 13.2 Å². The molecule has 1 aliphatic heterocycles. The monoisotopic (exact) mass is 460 g/mol. The Morgan fingerprint density at radius 3 is 2.53 bits per heavy atom. The Labute approximate surface area is 180 Å². The molecule has 162 valence electrons. The molecule has 1 saturated heterocycles. The van der Waals surface area contributed by atoms with Crippen LogP contribution in [0.25, 0.3) is 0 Å². The van der Waals surface area contributed by atoms with Crippen LogP contribution < -0.4 is 10.2 Å². The molecule has 30 heavy (non-hydrogen) atoms. The predicted molar refractivity (Wildman–Crippen MR) is 109 cm³/mol. The van der Waals surface area contributed by atoms with Gasteiger partial charge in [0.2, 0.25) is 11.8 Å². The maximum Gasteiger partial charge on any atom is 0.417 e. The van der Waals surface area contributed by atoms with Crippen LogP contribution in [-0.4, -0.2) is 47.9 Å². The van der Waals surface area contributed by atoms with Crippen molar-refractivity contribution in [3.63, 3.8) is 0 Å². The lowest BCUT2D eigenvalue weighted by Crippen LogP contribution is -2.49. The van der Waals surface area contributed by atoms with Gasteiger partial charge in [0.15, 0.2) is 0 Å². The van der Waals surface area contributed by atoms with Crippen LogP contribution in [0.2, 0.25) is 5.02 Å². The zero-order valence-electron chi connectivity index (χ0n) is 16.1. The standard InChI is InChI=1S/C19H20ClF3N4O2S/c1-12(28)25-15(16-3-2-8-30-16)10-17(29)26-4-6-27(7-5-26)18-14(20)9-13(11-24-18)19(21,22)23/h2-3,8-9,11,15H,4-7,10H2,1H3,(H,25,28)/t15-/m0/s1. The van der Waals surface area contributed by atoms with Crippen LogP contribution in [0.5, 0.6) is 0 Å². The normalized spacial score (nSPS) is 15.8. The smallest absolute Gasteiger partial charge is 0.352 e. The number of halogens is 4. The zero-order valence-corrected chi connectivity index (χ0v) is 17.7. The molecule has 6 nitrogen and oxygen atoms in total. The van der Waals surface area contributed by atoms with E-state index in [1.54, 1.807) is 9.80 Å². The second-order valence-electron chi connectivity index (χ2n) is 6.87. The van der Waals surface area contributed by atoms with Gasteiger partial charge in [-0.1, -0.05) is 17.7 Å². The van der Waals surface area contributed by atoms with E-state index in [1.807, 2.05) is 17.5 Å². The minimum Gasteiger partial charge on any atom is -0.352 e.